The molecule has 1 aliphatic carbocycles. The molecule has 0 spiro atoms. The zero-order chi connectivity index (χ0) is 43.5. The first-order valence-electron chi connectivity index (χ1n) is 22.0. The molecule has 64 heavy (non-hydrogen) atoms. The third kappa shape index (κ3) is 6.46. The van der Waals surface area contributed by atoms with Gasteiger partial charge in [0, 0.05) is 22.0 Å². The fraction of sp³-hybridized carbons (Fsp3) is 0.0847. The molecule has 2 heterocycles. The molecule has 4 nitrogen and oxygen atoms in total. The van der Waals surface area contributed by atoms with E-state index in [2.05, 4.69) is 157 Å². The Morgan fingerprint density at radius 3 is 1.91 bits per heavy atom. The summed E-state index contributed by atoms with van der Waals surface area (Å²) in [4.78, 5) is 0.336. The Hall–Kier alpha value is -7.47. The molecule has 1 aromatic heterocycles. The predicted molar refractivity (Wildman–Crippen MR) is 271 cm³/mol. The second kappa shape index (κ2) is 15.7. The van der Waals surface area contributed by atoms with Gasteiger partial charge in [-0.15, -0.1) is 0 Å². The van der Waals surface area contributed by atoms with E-state index in [1.807, 2.05) is 68.4 Å². The fourth-order valence-corrected chi connectivity index (χ4v) is 12.0. The van der Waals surface area contributed by atoms with Crippen molar-refractivity contribution in [3.63, 3.8) is 0 Å². The lowest BCUT2D eigenvalue weighted by Gasteiger charge is -2.34. The predicted octanol–water partition coefficient (Wildman–Crippen LogP) is 15.4. The standard InChI is InChI=1S/C52H38N2O2S.C7H8/c1-33-24-25-35(36-26-29-50-48(31-36)45-21-11-12-22-49(45)53(50)37-14-4-3-5-15-37)30-46(33)52-34(2)39-16-10-13-23-51(39)54(57(52,55)56)38-27-28-44-42-19-7-6-17-40(42)41-18-8-9-20-43(41)47(44)32-38;1-7-5-3-2-4-6-7/h3-7,9-17,19-32H,8,18H2,1-2H3;2-6H,1H3. The zero-order valence-electron chi connectivity index (χ0n) is 36.1. The fourth-order valence-electron chi connectivity index (χ4n) is 10.0. The summed E-state index contributed by atoms with van der Waals surface area (Å²) >= 11 is 0. The van der Waals surface area contributed by atoms with Crippen LogP contribution in [0.2, 0.25) is 0 Å². The topological polar surface area (TPSA) is 42.3 Å². The van der Waals surface area contributed by atoms with Gasteiger partial charge in [-0.3, -0.25) is 0 Å². The maximum Gasteiger partial charge on any atom is 0.269 e. The number of aryl methyl sites for hydroxylation is 3. The molecule has 0 radical (unpaired) electrons. The highest BCUT2D eigenvalue weighted by Gasteiger charge is 2.38. The molecule has 0 bridgehead atoms. The molecule has 1 aliphatic heterocycles. The monoisotopic (exact) mass is 846 g/mol. The highest BCUT2D eigenvalue weighted by molar-refractivity contribution is 8.02. The van der Waals surface area contributed by atoms with E-state index in [-0.39, 0.29) is 0 Å². The van der Waals surface area contributed by atoms with E-state index in [0.717, 1.165) is 73.5 Å². The van der Waals surface area contributed by atoms with Crippen molar-refractivity contribution < 1.29 is 8.42 Å². The smallest absolute Gasteiger partial charge is 0.269 e. The van der Waals surface area contributed by atoms with Crippen LogP contribution < -0.4 is 4.31 Å². The van der Waals surface area contributed by atoms with Gasteiger partial charge in [-0.2, -0.15) is 0 Å². The minimum atomic E-state index is -4.09. The number of fused-ring (bicyclic) bond motifs is 10. The Morgan fingerprint density at radius 2 is 1.12 bits per heavy atom. The number of para-hydroxylation sites is 3. The largest absolute Gasteiger partial charge is 0.309 e. The van der Waals surface area contributed by atoms with Crippen molar-refractivity contribution in [2.24, 2.45) is 0 Å². The molecular formula is C59H46N2O2S. The first kappa shape index (κ1) is 39.4. The minimum absolute atomic E-state index is 0.336. The van der Waals surface area contributed by atoms with Crippen LogP contribution in [0.25, 0.3) is 76.7 Å². The number of sulfonamides is 1. The molecule has 10 aromatic rings. The Bertz CT molecular complexity index is 3660. The molecule has 0 atom stereocenters. The number of hydrogen-bond acceptors (Lipinski definition) is 2. The second-order valence-electron chi connectivity index (χ2n) is 17.0. The van der Waals surface area contributed by atoms with E-state index in [4.69, 9.17) is 0 Å². The lowest BCUT2D eigenvalue weighted by molar-refractivity contribution is 0.605. The Morgan fingerprint density at radius 1 is 0.484 bits per heavy atom. The minimum Gasteiger partial charge on any atom is -0.309 e. The first-order chi connectivity index (χ1) is 31.3. The average molecular weight is 847 g/mol. The van der Waals surface area contributed by atoms with Crippen molar-refractivity contribution in [3.8, 4) is 16.8 Å². The molecule has 2 aliphatic rings. The summed E-state index contributed by atoms with van der Waals surface area (Å²) in [5.74, 6) is 0. The van der Waals surface area contributed by atoms with Crippen molar-refractivity contribution in [1.29, 1.82) is 0 Å². The molecular weight excluding hydrogens is 801 g/mol. The molecule has 5 heteroatoms. The van der Waals surface area contributed by atoms with Crippen molar-refractivity contribution in [1.82, 2.24) is 4.57 Å². The third-order valence-electron chi connectivity index (χ3n) is 13.0. The summed E-state index contributed by atoms with van der Waals surface area (Å²) in [6.07, 6.45) is 6.40. The number of aromatic nitrogens is 1. The molecule has 0 saturated carbocycles. The summed E-state index contributed by atoms with van der Waals surface area (Å²) in [6, 6.07) is 64.7. The molecule has 0 saturated heterocycles. The van der Waals surface area contributed by atoms with Gasteiger partial charge in [0.15, 0.2) is 0 Å². The number of rotatable bonds is 4. The van der Waals surface area contributed by atoms with Gasteiger partial charge in [-0.1, -0.05) is 151 Å². The molecule has 0 amide bonds. The maximum atomic E-state index is 15.4. The van der Waals surface area contributed by atoms with Gasteiger partial charge < -0.3 is 4.57 Å². The van der Waals surface area contributed by atoms with Crippen molar-refractivity contribution in [2.75, 3.05) is 4.31 Å². The lowest BCUT2D eigenvalue weighted by atomic mass is 9.86. The molecule has 12 rings (SSSR count). The first-order valence-corrected chi connectivity index (χ1v) is 23.4. The van der Waals surface area contributed by atoms with E-state index in [9.17, 15) is 0 Å². The Labute approximate surface area is 374 Å². The van der Waals surface area contributed by atoms with Crippen molar-refractivity contribution in [3.05, 3.63) is 228 Å². The Kier molecular flexibility index (Phi) is 9.67. The van der Waals surface area contributed by atoms with Crippen LogP contribution in [0.15, 0.2) is 194 Å². The van der Waals surface area contributed by atoms with E-state index in [0.29, 0.717) is 21.8 Å². The summed E-state index contributed by atoms with van der Waals surface area (Å²) in [5, 5.41) is 6.98. The van der Waals surface area contributed by atoms with Crippen LogP contribution in [0, 0.1) is 13.8 Å². The van der Waals surface area contributed by atoms with E-state index < -0.39 is 10.0 Å². The third-order valence-corrected chi connectivity index (χ3v) is 15.0. The van der Waals surface area contributed by atoms with Crippen LogP contribution in [0.3, 0.4) is 0 Å². The quantitative estimate of drug-likeness (QED) is 0.166. The maximum absolute atomic E-state index is 15.4. The molecule has 0 N–H and O–H groups in total. The normalized spacial score (nSPS) is 14.1. The van der Waals surface area contributed by atoms with Gasteiger partial charge >= 0.3 is 0 Å². The highest BCUT2D eigenvalue weighted by atomic mass is 32.2. The van der Waals surface area contributed by atoms with Crippen LogP contribution in [0.5, 0.6) is 0 Å². The van der Waals surface area contributed by atoms with Gasteiger partial charge in [0.05, 0.1) is 27.3 Å². The van der Waals surface area contributed by atoms with Crippen LogP contribution in [0.1, 0.15) is 46.7 Å². The number of nitrogens with zero attached hydrogens (tertiary/aromatic N) is 2. The summed E-state index contributed by atoms with van der Waals surface area (Å²) in [7, 11) is -4.09. The molecule has 0 unspecified atom stereocenters. The van der Waals surface area contributed by atoms with Gasteiger partial charge in [-0.25, -0.2) is 12.7 Å². The number of allylic oxidation sites excluding steroid dienone is 2. The van der Waals surface area contributed by atoms with Gasteiger partial charge in [-0.05, 0) is 149 Å². The number of hydrogen-bond donors (Lipinski definition) is 0. The van der Waals surface area contributed by atoms with Gasteiger partial charge in [0.25, 0.3) is 10.0 Å². The van der Waals surface area contributed by atoms with Gasteiger partial charge in [0.2, 0.25) is 0 Å². The summed E-state index contributed by atoms with van der Waals surface area (Å²) in [5.41, 5.74) is 13.8. The van der Waals surface area contributed by atoms with Crippen LogP contribution in [-0.2, 0) is 16.4 Å². The van der Waals surface area contributed by atoms with Crippen LogP contribution in [0.4, 0.5) is 11.4 Å². The van der Waals surface area contributed by atoms with Crippen LogP contribution in [-0.4, -0.2) is 13.0 Å². The molecule has 0 fully saturated rings. The molecule has 310 valence electrons. The van der Waals surface area contributed by atoms with Gasteiger partial charge in [0.1, 0.15) is 0 Å². The zero-order valence-corrected chi connectivity index (χ0v) is 36.9. The van der Waals surface area contributed by atoms with E-state index in [1.54, 1.807) is 4.31 Å². The average Bonchev–Trinajstić information content (AvgIpc) is 3.66. The summed E-state index contributed by atoms with van der Waals surface area (Å²) < 4.78 is 34.8. The number of anilines is 2. The van der Waals surface area contributed by atoms with E-state index >= 15 is 8.42 Å². The van der Waals surface area contributed by atoms with Crippen LogP contribution >= 0.6 is 0 Å². The lowest BCUT2D eigenvalue weighted by Crippen LogP contribution is -2.31. The number of benzene rings is 9. The van der Waals surface area contributed by atoms with Crippen molar-refractivity contribution >= 4 is 81.3 Å². The second-order valence-corrected chi connectivity index (χ2v) is 18.7. The SMILES string of the molecule is CC1=C(c2cc(-c3ccc4c(c3)c3ccccc3n4-c3ccccc3)ccc2C)S(=O)(=O)N(c2ccc3c(c2)c2c(c4ccccc43)CCC=C2)c2ccccc21.Cc1ccccc1. The highest BCUT2D eigenvalue weighted by Crippen LogP contribution is 2.49. The summed E-state index contributed by atoms with van der Waals surface area (Å²) in [6.45, 7) is 6.05. The molecule has 9 aromatic carbocycles. The van der Waals surface area contributed by atoms with Crippen molar-refractivity contribution in [2.45, 2.75) is 33.6 Å². The van der Waals surface area contributed by atoms with E-state index in [1.165, 1.54) is 32.8 Å². The Balaban J connectivity index is 0.000000598.